The number of primary amides is 1. The molecule has 2 heterocycles. The Bertz CT molecular complexity index is 850. The molecule has 3 rings (SSSR count). The van der Waals surface area contributed by atoms with Crippen LogP contribution in [0.3, 0.4) is 0 Å². The van der Waals surface area contributed by atoms with E-state index >= 15 is 0 Å². The molecule has 2 aromatic rings. The topological polar surface area (TPSA) is 88.9 Å². The van der Waals surface area contributed by atoms with Gasteiger partial charge in [-0.25, -0.2) is 4.79 Å². The second kappa shape index (κ2) is 5.85. The number of nitrogens with zero attached hydrogens (tertiary/aromatic N) is 2. The van der Waals surface area contributed by atoms with Crippen LogP contribution in [0.15, 0.2) is 56.0 Å². The van der Waals surface area contributed by atoms with Crippen molar-refractivity contribution in [3.05, 3.63) is 52.2 Å². The lowest BCUT2D eigenvalue weighted by molar-refractivity contribution is -0.122. The first-order valence-electron chi connectivity index (χ1n) is 6.72. The van der Waals surface area contributed by atoms with Crippen LogP contribution in [0.25, 0.3) is 17.4 Å². The van der Waals surface area contributed by atoms with Gasteiger partial charge in [0.05, 0.1) is 11.3 Å². The first-order valence-corrected chi connectivity index (χ1v) is 7.52. The van der Waals surface area contributed by atoms with Gasteiger partial charge in [0.2, 0.25) is 0 Å². The van der Waals surface area contributed by atoms with Crippen LogP contribution >= 0.6 is 15.9 Å². The van der Waals surface area contributed by atoms with E-state index in [9.17, 15) is 9.59 Å². The van der Waals surface area contributed by atoms with Crippen LogP contribution in [0.1, 0.15) is 12.7 Å². The third-order valence-electron chi connectivity index (χ3n) is 3.31. The van der Waals surface area contributed by atoms with Crippen molar-refractivity contribution in [2.45, 2.75) is 6.92 Å². The number of nitrogens with two attached hydrogens (primary N) is 1. The van der Waals surface area contributed by atoms with Gasteiger partial charge in [-0.2, -0.15) is 5.10 Å². The fourth-order valence-electron chi connectivity index (χ4n) is 2.18. The summed E-state index contributed by atoms with van der Waals surface area (Å²) in [6.07, 6.45) is 1.55. The molecular formula is C16H12BrN3O3. The molecule has 1 aromatic carbocycles. The second-order valence-electron chi connectivity index (χ2n) is 4.91. The highest BCUT2D eigenvalue weighted by Gasteiger charge is 2.31. The third-order valence-corrected chi connectivity index (χ3v) is 3.84. The van der Waals surface area contributed by atoms with Crippen molar-refractivity contribution in [1.29, 1.82) is 0 Å². The van der Waals surface area contributed by atoms with Crippen molar-refractivity contribution in [3.63, 3.8) is 0 Å². The normalized spacial score (nSPS) is 16.1. The molecule has 0 radical (unpaired) electrons. The quantitative estimate of drug-likeness (QED) is 0.818. The molecule has 1 aromatic heterocycles. The molecule has 1 aliphatic rings. The molecule has 0 aliphatic carbocycles. The van der Waals surface area contributed by atoms with Gasteiger partial charge >= 0.3 is 6.03 Å². The van der Waals surface area contributed by atoms with Crippen molar-refractivity contribution in [2.24, 2.45) is 10.8 Å². The Morgan fingerprint density at radius 3 is 2.57 bits per heavy atom. The van der Waals surface area contributed by atoms with Crippen molar-refractivity contribution in [2.75, 3.05) is 0 Å². The van der Waals surface area contributed by atoms with Gasteiger partial charge < -0.3 is 10.2 Å². The Balaban J connectivity index is 1.90. The Hall–Kier alpha value is -2.67. The average Bonchev–Trinajstić information content (AvgIpc) is 3.08. The van der Waals surface area contributed by atoms with Crippen molar-refractivity contribution in [3.8, 4) is 11.3 Å². The number of hydrazone groups is 1. The fraction of sp³-hybridized carbons (Fsp3) is 0.0625. The summed E-state index contributed by atoms with van der Waals surface area (Å²) in [7, 11) is 0. The summed E-state index contributed by atoms with van der Waals surface area (Å²) in [6.45, 7) is 1.63. The Morgan fingerprint density at radius 2 is 1.96 bits per heavy atom. The predicted octanol–water partition coefficient (Wildman–Crippen LogP) is 3.39. The van der Waals surface area contributed by atoms with Crippen molar-refractivity contribution < 1.29 is 14.0 Å². The molecule has 1 aliphatic heterocycles. The number of hydrogen-bond acceptors (Lipinski definition) is 4. The van der Waals surface area contributed by atoms with E-state index in [2.05, 4.69) is 21.0 Å². The lowest BCUT2D eigenvalue weighted by Crippen LogP contribution is -2.33. The van der Waals surface area contributed by atoms with E-state index in [1.807, 2.05) is 30.3 Å². The first-order chi connectivity index (χ1) is 11.0. The van der Waals surface area contributed by atoms with E-state index in [0.717, 1.165) is 10.0 Å². The molecule has 0 unspecified atom stereocenters. The molecule has 0 saturated carbocycles. The first kappa shape index (κ1) is 15.2. The van der Waals surface area contributed by atoms with Crippen LogP contribution in [0, 0.1) is 0 Å². The van der Waals surface area contributed by atoms with E-state index in [0.29, 0.717) is 22.2 Å². The van der Waals surface area contributed by atoms with Crippen LogP contribution in [0.5, 0.6) is 0 Å². The number of urea groups is 1. The highest BCUT2D eigenvalue weighted by molar-refractivity contribution is 9.10. The summed E-state index contributed by atoms with van der Waals surface area (Å²) in [5.41, 5.74) is 6.71. The second-order valence-corrected chi connectivity index (χ2v) is 5.82. The monoisotopic (exact) mass is 373 g/mol. The van der Waals surface area contributed by atoms with E-state index in [1.165, 1.54) is 0 Å². The third kappa shape index (κ3) is 2.95. The molecule has 0 spiro atoms. The molecule has 3 amide bonds. The minimum Gasteiger partial charge on any atom is -0.457 e. The Kier molecular flexibility index (Phi) is 3.87. The number of amides is 3. The zero-order valence-corrected chi connectivity index (χ0v) is 13.7. The molecule has 0 saturated heterocycles. The Morgan fingerprint density at radius 1 is 1.26 bits per heavy atom. The maximum Gasteiger partial charge on any atom is 0.342 e. The van der Waals surface area contributed by atoms with Gasteiger partial charge in [0.25, 0.3) is 5.91 Å². The van der Waals surface area contributed by atoms with Gasteiger partial charge in [0.1, 0.15) is 11.5 Å². The highest BCUT2D eigenvalue weighted by atomic mass is 79.9. The fourth-order valence-corrected chi connectivity index (χ4v) is 2.44. The molecule has 116 valence electrons. The SMILES string of the molecule is CC1=NN(C(N)=O)C(=O)/C1=C/c1ccc(-c2ccc(Br)cc2)o1. The Labute approximate surface area is 140 Å². The standard InChI is InChI=1S/C16H12BrN3O3/c1-9-13(15(21)20(19-9)16(18)22)8-12-6-7-14(23-12)10-2-4-11(17)5-3-10/h2-8H,1H3,(H2,18,22)/b13-8+. The lowest BCUT2D eigenvalue weighted by atomic mass is 10.1. The van der Waals surface area contributed by atoms with Crippen molar-refractivity contribution in [1.82, 2.24) is 5.01 Å². The number of hydrogen-bond donors (Lipinski definition) is 1. The minimum absolute atomic E-state index is 0.278. The predicted molar refractivity (Wildman–Crippen MR) is 89.4 cm³/mol. The largest absolute Gasteiger partial charge is 0.457 e. The van der Waals surface area contributed by atoms with Gasteiger partial charge in [-0.15, -0.1) is 5.01 Å². The number of furan rings is 1. The van der Waals surface area contributed by atoms with Crippen LogP contribution in [-0.4, -0.2) is 22.7 Å². The number of benzene rings is 1. The number of rotatable bonds is 2. The number of halogens is 1. The number of carbonyl (C=O) groups is 2. The summed E-state index contributed by atoms with van der Waals surface area (Å²) >= 11 is 3.38. The van der Waals surface area contributed by atoms with Gasteiger partial charge in [-0.3, -0.25) is 4.79 Å². The van der Waals surface area contributed by atoms with E-state index in [4.69, 9.17) is 10.2 Å². The molecule has 2 N–H and O–H groups in total. The zero-order valence-electron chi connectivity index (χ0n) is 12.1. The smallest absolute Gasteiger partial charge is 0.342 e. The summed E-state index contributed by atoms with van der Waals surface area (Å²) in [5, 5.41) is 4.47. The number of carbonyl (C=O) groups excluding carboxylic acids is 2. The molecule has 7 heteroatoms. The van der Waals surface area contributed by atoms with Gasteiger partial charge in [-0.05, 0) is 37.3 Å². The van der Waals surface area contributed by atoms with E-state index < -0.39 is 11.9 Å². The maximum atomic E-state index is 12.1. The van der Waals surface area contributed by atoms with Crippen LogP contribution in [-0.2, 0) is 4.79 Å². The molecule has 6 nitrogen and oxygen atoms in total. The van der Waals surface area contributed by atoms with Gasteiger partial charge in [0.15, 0.2) is 0 Å². The van der Waals surface area contributed by atoms with Crippen LogP contribution in [0.4, 0.5) is 4.79 Å². The maximum absolute atomic E-state index is 12.1. The van der Waals surface area contributed by atoms with Gasteiger partial charge in [0, 0.05) is 10.0 Å². The summed E-state index contributed by atoms with van der Waals surface area (Å²) < 4.78 is 6.71. The summed E-state index contributed by atoms with van der Waals surface area (Å²) in [5.74, 6) is 0.611. The van der Waals surface area contributed by atoms with Crippen LogP contribution in [0.2, 0.25) is 0 Å². The summed E-state index contributed by atoms with van der Waals surface area (Å²) in [6, 6.07) is 10.3. The lowest BCUT2D eigenvalue weighted by Gasteiger charge is -2.04. The van der Waals surface area contributed by atoms with Gasteiger partial charge in [-0.1, -0.05) is 28.1 Å². The van der Waals surface area contributed by atoms with Crippen molar-refractivity contribution >= 4 is 39.7 Å². The molecular weight excluding hydrogens is 362 g/mol. The zero-order chi connectivity index (χ0) is 16.6. The van der Waals surface area contributed by atoms with E-state index in [1.54, 1.807) is 19.1 Å². The van der Waals surface area contributed by atoms with Crippen LogP contribution < -0.4 is 5.73 Å². The molecule has 0 bridgehead atoms. The van der Waals surface area contributed by atoms with E-state index in [-0.39, 0.29) is 5.57 Å². The number of imide groups is 1. The molecule has 0 atom stereocenters. The molecule has 23 heavy (non-hydrogen) atoms. The molecule has 0 fully saturated rings. The minimum atomic E-state index is -0.909. The summed E-state index contributed by atoms with van der Waals surface area (Å²) in [4.78, 5) is 23.2. The average molecular weight is 374 g/mol. The highest BCUT2D eigenvalue weighted by Crippen LogP contribution is 2.26.